The summed E-state index contributed by atoms with van der Waals surface area (Å²) in [6.45, 7) is 5.61. The third kappa shape index (κ3) is 4.31. The van der Waals surface area contributed by atoms with E-state index in [1.54, 1.807) is 0 Å². The fraction of sp³-hybridized carbons (Fsp3) is 0.611. The zero-order valence-corrected chi connectivity index (χ0v) is 13.2. The molecule has 3 heteroatoms. The average Bonchev–Trinajstić information content (AvgIpc) is 2.47. The molecule has 0 amide bonds. The van der Waals surface area contributed by atoms with E-state index in [0.29, 0.717) is 18.0 Å². The van der Waals surface area contributed by atoms with Crippen LogP contribution in [-0.2, 0) is 4.79 Å². The molecule has 0 spiro atoms. The van der Waals surface area contributed by atoms with E-state index in [-0.39, 0.29) is 6.42 Å². The zero-order valence-electron chi connectivity index (χ0n) is 13.2. The van der Waals surface area contributed by atoms with Crippen LogP contribution in [0.3, 0.4) is 0 Å². The Kier molecular flexibility index (Phi) is 5.80. The number of carboxylic acids is 1. The first-order chi connectivity index (χ1) is 10.1. The van der Waals surface area contributed by atoms with Gasteiger partial charge in [0.2, 0.25) is 0 Å². The quantitative estimate of drug-likeness (QED) is 0.857. The maximum absolute atomic E-state index is 10.9. The minimum Gasteiger partial charge on any atom is -0.481 e. The number of benzene rings is 1. The van der Waals surface area contributed by atoms with Crippen LogP contribution in [0.15, 0.2) is 30.3 Å². The topological polar surface area (TPSA) is 40.5 Å². The lowest BCUT2D eigenvalue weighted by Gasteiger charge is -2.43. The Hall–Kier alpha value is -1.35. The summed E-state index contributed by atoms with van der Waals surface area (Å²) in [6, 6.07) is 11.5. The van der Waals surface area contributed by atoms with Gasteiger partial charge >= 0.3 is 5.97 Å². The van der Waals surface area contributed by atoms with E-state index in [4.69, 9.17) is 5.11 Å². The molecule has 1 heterocycles. The second-order valence-electron chi connectivity index (χ2n) is 6.42. The summed E-state index contributed by atoms with van der Waals surface area (Å²) >= 11 is 0. The summed E-state index contributed by atoms with van der Waals surface area (Å²) in [5.74, 6) is -0.154. The highest BCUT2D eigenvalue weighted by Gasteiger charge is 2.31. The van der Waals surface area contributed by atoms with E-state index in [0.717, 1.165) is 19.4 Å². The third-order valence-corrected chi connectivity index (χ3v) is 4.49. The molecule has 0 aliphatic carbocycles. The van der Waals surface area contributed by atoms with Crippen LogP contribution in [0.1, 0.15) is 57.6 Å². The van der Waals surface area contributed by atoms with Crippen molar-refractivity contribution in [2.24, 2.45) is 5.92 Å². The van der Waals surface area contributed by atoms with Crippen LogP contribution >= 0.6 is 0 Å². The van der Waals surface area contributed by atoms with E-state index in [1.165, 1.54) is 18.4 Å². The van der Waals surface area contributed by atoms with Gasteiger partial charge in [-0.25, -0.2) is 0 Å². The third-order valence-electron chi connectivity index (χ3n) is 4.49. The molecule has 3 nitrogen and oxygen atoms in total. The molecule has 116 valence electrons. The van der Waals surface area contributed by atoms with Gasteiger partial charge in [0.05, 0.1) is 0 Å². The van der Waals surface area contributed by atoms with Gasteiger partial charge in [0.1, 0.15) is 0 Å². The first-order valence-electron chi connectivity index (χ1n) is 8.12. The van der Waals surface area contributed by atoms with Gasteiger partial charge in [-0.05, 0) is 37.3 Å². The van der Waals surface area contributed by atoms with Gasteiger partial charge in [-0.2, -0.15) is 0 Å². The van der Waals surface area contributed by atoms with Gasteiger partial charge in [0.15, 0.2) is 0 Å². The van der Waals surface area contributed by atoms with Gasteiger partial charge in [0.25, 0.3) is 0 Å². The summed E-state index contributed by atoms with van der Waals surface area (Å²) < 4.78 is 0. The number of hydrogen-bond donors (Lipinski definition) is 1. The fourth-order valence-electron chi connectivity index (χ4n) is 3.60. The summed E-state index contributed by atoms with van der Waals surface area (Å²) in [6.07, 6.45) is 4.62. The number of aliphatic carboxylic acids is 1. The predicted octanol–water partition coefficient (Wildman–Crippen LogP) is 4.10. The van der Waals surface area contributed by atoms with Crippen molar-refractivity contribution in [2.75, 3.05) is 6.54 Å². The Morgan fingerprint density at radius 3 is 2.62 bits per heavy atom. The number of hydrogen-bond acceptors (Lipinski definition) is 2. The molecular formula is C18H27NO2. The van der Waals surface area contributed by atoms with Crippen molar-refractivity contribution in [3.8, 4) is 0 Å². The maximum Gasteiger partial charge on any atom is 0.303 e. The van der Waals surface area contributed by atoms with Crippen LogP contribution in [0.4, 0.5) is 0 Å². The first-order valence-corrected chi connectivity index (χ1v) is 8.12. The molecular weight excluding hydrogens is 262 g/mol. The number of rotatable bonds is 6. The monoisotopic (exact) mass is 289 g/mol. The summed E-state index contributed by atoms with van der Waals surface area (Å²) in [5, 5.41) is 8.98. The van der Waals surface area contributed by atoms with Gasteiger partial charge in [-0.1, -0.05) is 50.6 Å². The highest BCUT2D eigenvalue weighted by Crippen LogP contribution is 2.35. The normalized spacial score (nSPS) is 21.4. The molecule has 0 saturated carbocycles. The highest BCUT2D eigenvalue weighted by molar-refractivity contribution is 5.66. The Bertz CT molecular complexity index is 444. The van der Waals surface area contributed by atoms with Crippen molar-refractivity contribution in [1.29, 1.82) is 0 Å². The molecule has 21 heavy (non-hydrogen) atoms. The van der Waals surface area contributed by atoms with E-state index in [9.17, 15) is 4.79 Å². The minimum atomic E-state index is -0.679. The van der Waals surface area contributed by atoms with Gasteiger partial charge in [-0.3, -0.25) is 9.69 Å². The Morgan fingerprint density at radius 2 is 2.00 bits per heavy atom. The van der Waals surface area contributed by atoms with Crippen molar-refractivity contribution in [2.45, 2.75) is 58.0 Å². The number of nitrogens with zero attached hydrogens (tertiary/aromatic N) is 1. The largest absolute Gasteiger partial charge is 0.481 e. The van der Waals surface area contributed by atoms with Gasteiger partial charge in [0, 0.05) is 18.5 Å². The summed E-state index contributed by atoms with van der Waals surface area (Å²) in [4.78, 5) is 13.5. The van der Waals surface area contributed by atoms with Crippen molar-refractivity contribution in [3.63, 3.8) is 0 Å². The molecule has 2 atom stereocenters. The highest BCUT2D eigenvalue weighted by atomic mass is 16.4. The molecule has 1 saturated heterocycles. The van der Waals surface area contributed by atoms with Crippen molar-refractivity contribution >= 4 is 5.97 Å². The molecule has 0 radical (unpaired) electrons. The minimum absolute atomic E-state index is 0.279. The molecule has 1 aliphatic heterocycles. The van der Waals surface area contributed by atoms with E-state index in [2.05, 4.69) is 49.1 Å². The lowest BCUT2D eigenvalue weighted by molar-refractivity contribution is -0.137. The van der Waals surface area contributed by atoms with Crippen LogP contribution in [0, 0.1) is 5.92 Å². The predicted molar refractivity (Wildman–Crippen MR) is 85.2 cm³/mol. The van der Waals surface area contributed by atoms with Crippen molar-refractivity contribution < 1.29 is 9.90 Å². The molecule has 1 aromatic carbocycles. The van der Waals surface area contributed by atoms with E-state index in [1.807, 2.05) is 0 Å². The summed E-state index contributed by atoms with van der Waals surface area (Å²) in [7, 11) is 0. The van der Waals surface area contributed by atoms with Crippen LogP contribution in [0.25, 0.3) is 0 Å². The smallest absolute Gasteiger partial charge is 0.303 e. The average molecular weight is 289 g/mol. The lowest BCUT2D eigenvalue weighted by Crippen LogP contribution is -2.44. The first kappa shape index (κ1) is 16.0. The number of piperidine rings is 1. The van der Waals surface area contributed by atoms with Crippen molar-refractivity contribution in [1.82, 2.24) is 4.90 Å². The second kappa shape index (κ2) is 7.60. The molecule has 1 aromatic rings. The summed E-state index contributed by atoms with van der Waals surface area (Å²) in [5.41, 5.74) is 1.36. The number of carboxylic acid groups (broad SMARTS) is 1. The molecule has 1 fully saturated rings. The zero-order chi connectivity index (χ0) is 15.2. The van der Waals surface area contributed by atoms with Crippen LogP contribution in [0.5, 0.6) is 0 Å². The van der Waals surface area contributed by atoms with Crippen LogP contribution < -0.4 is 0 Å². The van der Waals surface area contributed by atoms with E-state index >= 15 is 0 Å². The van der Waals surface area contributed by atoms with Crippen LogP contribution in [0.2, 0.25) is 0 Å². The number of likely N-dealkylation sites (tertiary alicyclic amines) is 1. The number of carbonyl (C=O) groups is 1. The second-order valence-corrected chi connectivity index (χ2v) is 6.42. The lowest BCUT2D eigenvalue weighted by atomic mass is 9.88. The Labute approximate surface area is 128 Å². The molecule has 2 rings (SSSR count). The maximum atomic E-state index is 10.9. The Balaban J connectivity index is 2.18. The molecule has 1 aliphatic rings. The molecule has 0 bridgehead atoms. The Morgan fingerprint density at radius 1 is 1.29 bits per heavy atom. The van der Waals surface area contributed by atoms with Crippen molar-refractivity contribution in [3.05, 3.63) is 35.9 Å². The molecule has 1 N–H and O–H groups in total. The van der Waals surface area contributed by atoms with Gasteiger partial charge in [-0.15, -0.1) is 0 Å². The standard InChI is InChI=1S/C18H27NO2/c1-14(2)18(15-8-4-3-5-9-15)19-13-7-6-10-16(19)11-12-17(20)21/h3-5,8-9,14,16,18H,6-7,10-13H2,1-2H3,(H,20,21). The van der Waals surface area contributed by atoms with Crippen LogP contribution in [-0.4, -0.2) is 28.6 Å². The van der Waals surface area contributed by atoms with E-state index < -0.39 is 5.97 Å². The fourth-order valence-corrected chi connectivity index (χ4v) is 3.60. The van der Waals surface area contributed by atoms with Gasteiger partial charge < -0.3 is 5.11 Å². The SMILES string of the molecule is CC(C)C(c1ccccc1)N1CCCCC1CCC(=O)O. The molecule has 2 unspecified atom stereocenters. The molecule has 0 aromatic heterocycles.